The van der Waals surface area contributed by atoms with Gasteiger partial charge in [-0.15, -0.1) is 21.5 Å². The number of carbonyl (C=O) groups excluding carboxylic acids is 1. The van der Waals surface area contributed by atoms with E-state index in [1.54, 1.807) is 11.3 Å². The third-order valence-electron chi connectivity index (χ3n) is 3.89. The SMILES string of the molecule is CC(Sc1nnc(-c2cccs2)n1C1CC1)C(=O)NC1CC1. The third-order valence-corrected chi connectivity index (χ3v) is 5.82. The van der Waals surface area contributed by atoms with E-state index in [0.29, 0.717) is 12.1 Å². The minimum absolute atomic E-state index is 0.107. The Morgan fingerprint density at radius 2 is 2.23 bits per heavy atom. The molecule has 22 heavy (non-hydrogen) atoms. The van der Waals surface area contributed by atoms with Gasteiger partial charge in [0.2, 0.25) is 5.91 Å². The number of rotatable bonds is 6. The first-order valence-corrected chi connectivity index (χ1v) is 9.44. The average molecular weight is 334 g/mol. The lowest BCUT2D eigenvalue weighted by atomic mass is 10.4. The average Bonchev–Trinajstić information content (AvgIpc) is 3.41. The second-order valence-electron chi connectivity index (χ2n) is 5.93. The Bertz CT molecular complexity index is 674. The molecule has 2 fully saturated rings. The van der Waals surface area contributed by atoms with Gasteiger partial charge in [0.05, 0.1) is 10.1 Å². The van der Waals surface area contributed by atoms with Crippen LogP contribution in [0.3, 0.4) is 0 Å². The fourth-order valence-electron chi connectivity index (χ4n) is 2.35. The van der Waals surface area contributed by atoms with Gasteiger partial charge in [0.1, 0.15) is 0 Å². The predicted molar refractivity (Wildman–Crippen MR) is 88.1 cm³/mol. The molecule has 2 aliphatic carbocycles. The molecule has 1 amide bonds. The second kappa shape index (κ2) is 5.70. The van der Waals surface area contributed by atoms with Crippen molar-refractivity contribution >= 4 is 29.0 Å². The molecule has 0 spiro atoms. The fourth-order valence-corrected chi connectivity index (χ4v) is 3.98. The zero-order valence-electron chi connectivity index (χ0n) is 12.4. The zero-order valence-corrected chi connectivity index (χ0v) is 14.0. The molecule has 2 aromatic heterocycles. The summed E-state index contributed by atoms with van der Waals surface area (Å²) in [5.74, 6) is 1.05. The number of nitrogens with one attached hydrogen (secondary N) is 1. The van der Waals surface area contributed by atoms with Gasteiger partial charge >= 0.3 is 0 Å². The topological polar surface area (TPSA) is 59.8 Å². The number of hydrogen-bond acceptors (Lipinski definition) is 5. The second-order valence-corrected chi connectivity index (χ2v) is 8.18. The van der Waals surface area contributed by atoms with Gasteiger partial charge in [-0.2, -0.15) is 0 Å². The lowest BCUT2D eigenvalue weighted by Crippen LogP contribution is -2.32. The van der Waals surface area contributed by atoms with Crippen LogP contribution in [0, 0.1) is 0 Å². The van der Waals surface area contributed by atoms with Gasteiger partial charge in [0, 0.05) is 12.1 Å². The molecule has 0 radical (unpaired) electrons. The first-order valence-electron chi connectivity index (χ1n) is 7.68. The molecule has 0 aliphatic heterocycles. The van der Waals surface area contributed by atoms with Gasteiger partial charge < -0.3 is 5.32 Å². The molecular weight excluding hydrogens is 316 g/mol. The number of carbonyl (C=O) groups is 1. The quantitative estimate of drug-likeness (QED) is 0.825. The van der Waals surface area contributed by atoms with Crippen molar-refractivity contribution in [3.05, 3.63) is 17.5 Å². The van der Waals surface area contributed by atoms with Crippen molar-refractivity contribution in [2.75, 3.05) is 0 Å². The zero-order chi connectivity index (χ0) is 15.1. The summed E-state index contributed by atoms with van der Waals surface area (Å²) in [6, 6.07) is 5.00. The fraction of sp³-hybridized carbons (Fsp3) is 0.533. The summed E-state index contributed by atoms with van der Waals surface area (Å²) in [7, 11) is 0. The van der Waals surface area contributed by atoms with Crippen LogP contribution in [0.25, 0.3) is 10.7 Å². The van der Waals surface area contributed by atoms with Gasteiger partial charge in [0.15, 0.2) is 11.0 Å². The molecule has 1 N–H and O–H groups in total. The van der Waals surface area contributed by atoms with E-state index < -0.39 is 0 Å². The van der Waals surface area contributed by atoms with E-state index >= 15 is 0 Å². The Kier molecular flexibility index (Phi) is 3.69. The monoisotopic (exact) mass is 334 g/mol. The highest BCUT2D eigenvalue weighted by molar-refractivity contribution is 8.00. The number of nitrogens with zero attached hydrogens (tertiary/aromatic N) is 3. The molecular formula is C15H18N4OS2. The maximum Gasteiger partial charge on any atom is 0.233 e. The molecule has 4 rings (SSSR count). The van der Waals surface area contributed by atoms with E-state index in [9.17, 15) is 4.79 Å². The van der Waals surface area contributed by atoms with E-state index in [4.69, 9.17) is 0 Å². The summed E-state index contributed by atoms with van der Waals surface area (Å²) >= 11 is 3.20. The summed E-state index contributed by atoms with van der Waals surface area (Å²) in [5, 5.41) is 14.6. The van der Waals surface area contributed by atoms with Crippen molar-refractivity contribution in [1.82, 2.24) is 20.1 Å². The van der Waals surface area contributed by atoms with Crippen molar-refractivity contribution in [2.24, 2.45) is 0 Å². The molecule has 1 atom stereocenters. The summed E-state index contributed by atoms with van der Waals surface area (Å²) in [5.41, 5.74) is 0. The summed E-state index contributed by atoms with van der Waals surface area (Å²) < 4.78 is 2.22. The van der Waals surface area contributed by atoms with E-state index in [-0.39, 0.29) is 11.2 Å². The van der Waals surface area contributed by atoms with Crippen LogP contribution in [-0.2, 0) is 4.79 Å². The maximum absolute atomic E-state index is 12.1. The van der Waals surface area contributed by atoms with Crippen LogP contribution in [0.1, 0.15) is 38.6 Å². The molecule has 0 saturated heterocycles. The Balaban J connectivity index is 1.55. The van der Waals surface area contributed by atoms with Crippen molar-refractivity contribution in [1.29, 1.82) is 0 Å². The molecule has 2 heterocycles. The van der Waals surface area contributed by atoms with Crippen molar-refractivity contribution < 1.29 is 4.79 Å². The van der Waals surface area contributed by atoms with Crippen LogP contribution in [-0.4, -0.2) is 32.0 Å². The molecule has 2 aliphatic rings. The molecule has 116 valence electrons. The minimum atomic E-state index is -0.140. The molecule has 7 heteroatoms. The smallest absolute Gasteiger partial charge is 0.233 e. The number of aromatic nitrogens is 3. The Morgan fingerprint density at radius 1 is 1.41 bits per heavy atom. The number of hydrogen-bond donors (Lipinski definition) is 1. The molecule has 0 bridgehead atoms. The van der Waals surface area contributed by atoms with E-state index in [2.05, 4.69) is 31.5 Å². The summed E-state index contributed by atoms with van der Waals surface area (Å²) in [6.45, 7) is 1.94. The molecule has 2 aromatic rings. The van der Waals surface area contributed by atoms with Crippen molar-refractivity contribution in [3.63, 3.8) is 0 Å². The Labute approximate surface area is 137 Å². The summed E-state index contributed by atoms with van der Waals surface area (Å²) in [6.07, 6.45) is 4.58. The minimum Gasteiger partial charge on any atom is -0.352 e. The standard InChI is InChI=1S/C15H18N4OS2/c1-9(14(20)16-10-4-5-10)22-15-18-17-13(12-3-2-8-21-12)19(15)11-6-7-11/h2-3,8-11H,4-7H2,1H3,(H,16,20). The molecule has 0 aromatic carbocycles. The van der Waals surface area contributed by atoms with Gasteiger partial charge in [-0.05, 0) is 44.1 Å². The molecule has 1 unspecified atom stereocenters. The number of amides is 1. The van der Waals surface area contributed by atoms with Crippen LogP contribution in [0.15, 0.2) is 22.7 Å². The van der Waals surface area contributed by atoms with E-state index in [1.165, 1.54) is 24.6 Å². The lowest BCUT2D eigenvalue weighted by Gasteiger charge is -2.12. The third kappa shape index (κ3) is 2.92. The Hall–Kier alpha value is -1.34. The normalized spacial score (nSPS) is 19.1. The van der Waals surface area contributed by atoms with Crippen molar-refractivity contribution in [3.8, 4) is 10.7 Å². The van der Waals surface area contributed by atoms with Crippen LogP contribution in [0.2, 0.25) is 0 Å². The van der Waals surface area contributed by atoms with Crippen LogP contribution >= 0.6 is 23.1 Å². The van der Waals surface area contributed by atoms with E-state index in [0.717, 1.165) is 28.7 Å². The molecule has 2 saturated carbocycles. The largest absolute Gasteiger partial charge is 0.352 e. The van der Waals surface area contributed by atoms with Crippen LogP contribution in [0.5, 0.6) is 0 Å². The van der Waals surface area contributed by atoms with Gasteiger partial charge in [-0.25, -0.2) is 0 Å². The van der Waals surface area contributed by atoms with Crippen LogP contribution < -0.4 is 5.32 Å². The highest BCUT2D eigenvalue weighted by atomic mass is 32.2. The van der Waals surface area contributed by atoms with E-state index in [1.807, 2.05) is 13.0 Å². The maximum atomic E-state index is 12.1. The first kappa shape index (κ1) is 14.3. The van der Waals surface area contributed by atoms with Crippen molar-refractivity contribution in [2.45, 2.75) is 55.1 Å². The van der Waals surface area contributed by atoms with Crippen LogP contribution in [0.4, 0.5) is 0 Å². The van der Waals surface area contributed by atoms with Gasteiger partial charge in [-0.3, -0.25) is 9.36 Å². The lowest BCUT2D eigenvalue weighted by molar-refractivity contribution is -0.120. The number of thiophene rings is 1. The predicted octanol–water partition coefficient (Wildman–Crippen LogP) is 3.10. The highest BCUT2D eigenvalue weighted by Gasteiger charge is 2.32. The highest BCUT2D eigenvalue weighted by Crippen LogP contribution is 2.42. The Morgan fingerprint density at radius 3 is 2.86 bits per heavy atom. The summed E-state index contributed by atoms with van der Waals surface area (Å²) in [4.78, 5) is 13.3. The number of thioether (sulfide) groups is 1. The first-order chi connectivity index (χ1) is 10.7. The molecule has 5 nitrogen and oxygen atoms in total. The van der Waals surface area contributed by atoms with Gasteiger partial charge in [0.25, 0.3) is 0 Å². The van der Waals surface area contributed by atoms with Gasteiger partial charge in [-0.1, -0.05) is 17.8 Å².